The third-order valence-corrected chi connectivity index (χ3v) is 3.05. The lowest BCUT2D eigenvalue weighted by Gasteiger charge is -2.06. The molecule has 0 aliphatic rings. The molecule has 0 aliphatic carbocycles. The largest absolute Gasteiger partial charge is 0.305 e. The van der Waals surface area contributed by atoms with Gasteiger partial charge in [0.1, 0.15) is 5.15 Å². The molecule has 0 radical (unpaired) electrons. The first kappa shape index (κ1) is 13.0. The van der Waals surface area contributed by atoms with Crippen molar-refractivity contribution in [1.29, 1.82) is 0 Å². The molecular formula is C12H9BrClN3O. The smallest absolute Gasteiger partial charge is 0.258 e. The molecular weight excluding hydrogens is 318 g/mol. The molecule has 2 aromatic rings. The van der Waals surface area contributed by atoms with E-state index in [1.54, 1.807) is 6.07 Å². The normalized spacial score (nSPS) is 10.2. The summed E-state index contributed by atoms with van der Waals surface area (Å²) in [5.41, 5.74) is 1.60. The van der Waals surface area contributed by atoms with Crippen LogP contribution < -0.4 is 5.32 Å². The number of nitrogens with one attached hydrogen (secondary N) is 1. The Hall–Kier alpha value is -1.46. The number of aromatic nitrogens is 2. The van der Waals surface area contributed by atoms with E-state index in [9.17, 15) is 4.79 Å². The van der Waals surface area contributed by atoms with Crippen molar-refractivity contribution < 1.29 is 4.79 Å². The van der Waals surface area contributed by atoms with Gasteiger partial charge < -0.3 is 5.32 Å². The van der Waals surface area contributed by atoms with Crippen LogP contribution in [0.1, 0.15) is 15.9 Å². The number of carbonyl (C=O) groups excluding carboxylic acids is 1. The van der Waals surface area contributed by atoms with E-state index in [-0.39, 0.29) is 11.1 Å². The maximum Gasteiger partial charge on any atom is 0.258 e. The van der Waals surface area contributed by atoms with Crippen molar-refractivity contribution in [3.63, 3.8) is 0 Å². The fraction of sp³-hybridized carbons (Fsp3) is 0.0833. The number of hydrogen-bond donors (Lipinski definition) is 1. The van der Waals surface area contributed by atoms with Crippen LogP contribution >= 0.6 is 27.5 Å². The topological polar surface area (TPSA) is 54.9 Å². The Morgan fingerprint density at radius 3 is 2.83 bits per heavy atom. The molecule has 6 heteroatoms. The van der Waals surface area contributed by atoms with Gasteiger partial charge in [-0.15, -0.1) is 0 Å². The fourth-order valence-corrected chi connectivity index (χ4v) is 2.21. The van der Waals surface area contributed by atoms with Crippen molar-refractivity contribution in [1.82, 2.24) is 9.97 Å². The molecule has 0 saturated heterocycles. The molecule has 0 atom stereocenters. The molecule has 1 N–H and O–H groups in total. The van der Waals surface area contributed by atoms with Crippen LogP contribution in [0.3, 0.4) is 0 Å². The first-order valence-electron chi connectivity index (χ1n) is 5.11. The van der Waals surface area contributed by atoms with Gasteiger partial charge in [-0.05, 0) is 40.5 Å². The summed E-state index contributed by atoms with van der Waals surface area (Å²) in [5.74, 6) is 0.0541. The van der Waals surface area contributed by atoms with Gasteiger partial charge in [0.05, 0.1) is 18.0 Å². The maximum atomic E-state index is 12.0. The summed E-state index contributed by atoms with van der Waals surface area (Å²) in [4.78, 5) is 19.8. The molecule has 1 heterocycles. The van der Waals surface area contributed by atoms with E-state index in [4.69, 9.17) is 11.6 Å². The number of carbonyl (C=O) groups is 1. The number of hydrogen-bond acceptors (Lipinski definition) is 3. The third kappa shape index (κ3) is 3.05. The zero-order valence-corrected chi connectivity index (χ0v) is 11.8. The van der Waals surface area contributed by atoms with Gasteiger partial charge in [-0.25, -0.2) is 4.98 Å². The molecule has 0 fully saturated rings. The van der Waals surface area contributed by atoms with Crippen LogP contribution in [0.5, 0.6) is 0 Å². The van der Waals surface area contributed by atoms with Crippen molar-refractivity contribution >= 4 is 39.3 Å². The average Bonchev–Trinajstić information content (AvgIpc) is 2.28. The van der Waals surface area contributed by atoms with E-state index < -0.39 is 0 Å². The number of aryl methyl sites for hydroxylation is 1. The molecule has 4 nitrogen and oxygen atoms in total. The van der Waals surface area contributed by atoms with E-state index in [1.807, 2.05) is 19.1 Å². The Morgan fingerprint density at radius 1 is 1.39 bits per heavy atom. The lowest BCUT2D eigenvalue weighted by atomic mass is 10.1. The van der Waals surface area contributed by atoms with Crippen LogP contribution in [0.15, 0.2) is 35.1 Å². The Labute approximate surface area is 118 Å². The first-order chi connectivity index (χ1) is 8.56. The molecule has 0 spiro atoms. The van der Waals surface area contributed by atoms with Crippen molar-refractivity contribution in [2.45, 2.75) is 6.92 Å². The monoisotopic (exact) mass is 325 g/mol. The van der Waals surface area contributed by atoms with Gasteiger partial charge in [0.25, 0.3) is 5.91 Å². The molecule has 1 aromatic carbocycles. The summed E-state index contributed by atoms with van der Waals surface area (Å²) in [7, 11) is 0. The van der Waals surface area contributed by atoms with E-state index in [2.05, 4.69) is 31.2 Å². The quantitative estimate of drug-likeness (QED) is 0.919. The lowest BCUT2D eigenvalue weighted by Crippen LogP contribution is -2.13. The van der Waals surface area contributed by atoms with Gasteiger partial charge in [-0.3, -0.25) is 9.78 Å². The van der Waals surface area contributed by atoms with E-state index in [0.29, 0.717) is 11.4 Å². The van der Waals surface area contributed by atoms with Crippen LogP contribution in [-0.4, -0.2) is 15.9 Å². The molecule has 92 valence electrons. The minimum absolute atomic E-state index is 0.232. The predicted molar refractivity (Wildman–Crippen MR) is 73.9 cm³/mol. The summed E-state index contributed by atoms with van der Waals surface area (Å²) in [6, 6.07) is 5.48. The van der Waals surface area contributed by atoms with Crippen molar-refractivity contribution in [3.05, 3.63) is 51.3 Å². The molecule has 0 saturated carbocycles. The number of nitrogens with zero attached hydrogens (tertiary/aromatic N) is 2. The molecule has 0 aliphatic heterocycles. The van der Waals surface area contributed by atoms with Gasteiger partial charge in [-0.1, -0.05) is 17.7 Å². The lowest BCUT2D eigenvalue weighted by molar-refractivity contribution is 0.102. The van der Waals surface area contributed by atoms with E-state index in [1.165, 1.54) is 12.4 Å². The van der Waals surface area contributed by atoms with Crippen LogP contribution in [0.25, 0.3) is 0 Å². The minimum atomic E-state index is -0.265. The summed E-state index contributed by atoms with van der Waals surface area (Å²) in [6.07, 6.45) is 2.84. The predicted octanol–water partition coefficient (Wildman–Crippen LogP) is 3.45. The Bertz CT molecular complexity index is 604. The average molecular weight is 327 g/mol. The second-order valence-electron chi connectivity index (χ2n) is 3.66. The molecule has 0 unspecified atom stereocenters. The molecule has 18 heavy (non-hydrogen) atoms. The standard InChI is InChI=1S/C12H9BrClN3O/c1-7-2-3-8(9(13)4-7)12(18)17-11-6-15-5-10(14)16-11/h2-6H,1H3,(H,16,17,18). The maximum absolute atomic E-state index is 12.0. The summed E-state index contributed by atoms with van der Waals surface area (Å²) >= 11 is 9.04. The zero-order valence-electron chi connectivity index (χ0n) is 9.45. The second-order valence-corrected chi connectivity index (χ2v) is 4.91. The molecule has 2 rings (SSSR count). The van der Waals surface area contributed by atoms with Crippen LogP contribution in [-0.2, 0) is 0 Å². The molecule has 1 amide bonds. The fourth-order valence-electron chi connectivity index (χ4n) is 1.39. The highest BCUT2D eigenvalue weighted by Gasteiger charge is 2.11. The summed E-state index contributed by atoms with van der Waals surface area (Å²) in [6.45, 7) is 1.95. The number of rotatable bonds is 2. The van der Waals surface area contributed by atoms with Gasteiger partial charge in [0.15, 0.2) is 5.82 Å². The van der Waals surface area contributed by atoms with Gasteiger partial charge >= 0.3 is 0 Å². The number of anilines is 1. The van der Waals surface area contributed by atoms with Crippen molar-refractivity contribution in [3.8, 4) is 0 Å². The van der Waals surface area contributed by atoms with Crippen LogP contribution in [0.2, 0.25) is 5.15 Å². The van der Waals surface area contributed by atoms with E-state index >= 15 is 0 Å². The Balaban J connectivity index is 2.22. The highest BCUT2D eigenvalue weighted by atomic mass is 79.9. The first-order valence-corrected chi connectivity index (χ1v) is 6.28. The Morgan fingerprint density at radius 2 is 2.17 bits per heavy atom. The van der Waals surface area contributed by atoms with E-state index in [0.717, 1.165) is 10.0 Å². The van der Waals surface area contributed by atoms with Crippen molar-refractivity contribution in [2.24, 2.45) is 0 Å². The van der Waals surface area contributed by atoms with Crippen LogP contribution in [0.4, 0.5) is 5.82 Å². The summed E-state index contributed by atoms with van der Waals surface area (Å²) in [5, 5.41) is 2.86. The van der Waals surface area contributed by atoms with Gasteiger partial charge in [-0.2, -0.15) is 0 Å². The molecule has 0 bridgehead atoms. The molecule has 1 aromatic heterocycles. The Kier molecular flexibility index (Phi) is 3.93. The minimum Gasteiger partial charge on any atom is -0.305 e. The SMILES string of the molecule is Cc1ccc(C(=O)Nc2cncc(Cl)n2)c(Br)c1. The second kappa shape index (κ2) is 5.46. The third-order valence-electron chi connectivity index (χ3n) is 2.22. The van der Waals surface area contributed by atoms with Crippen LogP contribution in [0, 0.1) is 6.92 Å². The van der Waals surface area contributed by atoms with Gasteiger partial charge in [0.2, 0.25) is 0 Å². The number of amides is 1. The number of benzene rings is 1. The number of halogens is 2. The zero-order chi connectivity index (χ0) is 13.1. The highest BCUT2D eigenvalue weighted by molar-refractivity contribution is 9.10. The van der Waals surface area contributed by atoms with Gasteiger partial charge in [0, 0.05) is 4.47 Å². The highest BCUT2D eigenvalue weighted by Crippen LogP contribution is 2.19. The van der Waals surface area contributed by atoms with Crippen molar-refractivity contribution in [2.75, 3.05) is 5.32 Å². The summed E-state index contributed by atoms with van der Waals surface area (Å²) < 4.78 is 0.731.